The van der Waals surface area contributed by atoms with Crippen LogP contribution in [0.25, 0.3) is 0 Å². The summed E-state index contributed by atoms with van der Waals surface area (Å²) in [5.41, 5.74) is 0. The maximum Gasteiger partial charge on any atom is 0.210 e. The molecule has 0 radical (unpaired) electrons. The molecule has 0 spiro atoms. The molecule has 0 amide bonds. The van der Waals surface area contributed by atoms with E-state index >= 15 is 0 Å². The lowest BCUT2D eigenvalue weighted by atomic mass is 10.3. The predicted octanol–water partition coefficient (Wildman–Crippen LogP) is 3.40. The van der Waals surface area contributed by atoms with Crippen LogP contribution in [0, 0.1) is 0 Å². The average molecular weight is 407 g/mol. The summed E-state index contributed by atoms with van der Waals surface area (Å²) in [5, 5.41) is 9.40. The van der Waals surface area contributed by atoms with Crippen LogP contribution in [0.15, 0.2) is 53.7 Å². The van der Waals surface area contributed by atoms with E-state index < -0.39 is 0 Å². The Morgan fingerprint density at radius 2 is 1.78 bits per heavy atom. The lowest BCUT2D eigenvalue weighted by molar-refractivity contribution is 0.289. The highest BCUT2D eigenvalue weighted by Gasteiger charge is 2.11. The van der Waals surface area contributed by atoms with Gasteiger partial charge < -0.3 is 20.1 Å². The van der Waals surface area contributed by atoms with Crippen LogP contribution in [-0.4, -0.2) is 34.3 Å². The van der Waals surface area contributed by atoms with E-state index in [9.17, 15) is 0 Å². The van der Waals surface area contributed by atoms with Gasteiger partial charge >= 0.3 is 0 Å². The number of halogens is 1. The van der Waals surface area contributed by atoms with Gasteiger partial charge in [0.1, 0.15) is 23.9 Å². The van der Waals surface area contributed by atoms with Gasteiger partial charge in [-0.15, -0.1) is 10.2 Å². The zero-order chi connectivity index (χ0) is 19.1. The van der Waals surface area contributed by atoms with Gasteiger partial charge in [-0.1, -0.05) is 35.5 Å². The Morgan fingerprint density at radius 1 is 1.04 bits per heavy atom. The summed E-state index contributed by atoms with van der Waals surface area (Å²) in [5.74, 6) is 9.35. The van der Waals surface area contributed by atoms with Gasteiger partial charge in [0.15, 0.2) is 5.82 Å². The molecule has 2 N–H and O–H groups in total. The van der Waals surface area contributed by atoms with Crippen molar-refractivity contribution in [2.75, 3.05) is 25.3 Å². The number of thioether (sulfide) groups is 1. The Kier molecular flexibility index (Phi) is 6.67. The van der Waals surface area contributed by atoms with Crippen LogP contribution in [0.5, 0.6) is 17.2 Å². The van der Waals surface area contributed by atoms with Gasteiger partial charge in [0, 0.05) is 16.8 Å². The average Bonchev–Trinajstić information content (AvgIpc) is 3.03. The topological polar surface area (TPSA) is 84.4 Å². The van der Waals surface area contributed by atoms with E-state index in [0.29, 0.717) is 34.1 Å². The molecule has 2 aromatic carbocycles. The molecule has 142 valence electrons. The number of methoxy groups -OCH3 is 1. The third kappa shape index (κ3) is 5.45. The van der Waals surface area contributed by atoms with Gasteiger partial charge in [-0.2, -0.15) is 0 Å². The van der Waals surface area contributed by atoms with Gasteiger partial charge in [0.05, 0.1) is 13.7 Å². The quantitative estimate of drug-likeness (QED) is 0.331. The Morgan fingerprint density at radius 3 is 2.56 bits per heavy atom. The minimum Gasteiger partial charge on any atom is -0.497 e. The molecule has 3 aromatic rings. The first-order valence-corrected chi connectivity index (χ1v) is 9.49. The van der Waals surface area contributed by atoms with Crippen LogP contribution in [0.2, 0.25) is 5.02 Å². The van der Waals surface area contributed by atoms with E-state index in [1.54, 1.807) is 25.3 Å². The van der Waals surface area contributed by atoms with E-state index in [4.69, 9.17) is 31.7 Å². The molecule has 0 saturated carbocycles. The van der Waals surface area contributed by atoms with Crippen LogP contribution in [0.1, 0.15) is 5.82 Å². The summed E-state index contributed by atoms with van der Waals surface area (Å²) < 4.78 is 17.9. The zero-order valence-electron chi connectivity index (χ0n) is 14.7. The van der Waals surface area contributed by atoms with E-state index in [1.165, 1.54) is 16.4 Å². The minimum atomic E-state index is 0.205. The normalized spacial score (nSPS) is 10.6. The molecule has 0 saturated heterocycles. The van der Waals surface area contributed by atoms with Crippen molar-refractivity contribution >= 4 is 23.4 Å². The largest absolute Gasteiger partial charge is 0.497 e. The fourth-order valence-electron chi connectivity index (χ4n) is 2.19. The van der Waals surface area contributed by atoms with Gasteiger partial charge in [-0.05, 0) is 30.3 Å². The maximum atomic E-state index is 6.04. The molecule has 1 heterocycles. The second-order valence-electron chi connectivity index (χ2n) is 5.39. The van der Waals surface area contributed by atoms with Crippen molar-refractivity contribution in [3.63, 3.8) is 0 Å². The number of hydrogen-bond acceptors (Lipinski definition) is 7. The number of hydrogen-bond donors (Lipinski definition) is 1. The zero-order valence-corrected chi connectivity index (χ0v) is 16.2. The summed E-state index contributed by atoms with van der Waals surface area (Å²) in [6.07, 6.45) is 0. The number of ether oxygens (including phenoxy) is 3. The van der Waals surface area contributed by atoms with E-state index in [0.717, 1.165) is 11.5 Å². The number of nitrogens with zero attached hydrogens (tertiary/aromatic N) is 3. The van der Waals surface area contributed by atoms with E-state index in [-0.39, 0.29) is 6.61 Å². The van der Waals surface area contributed by atoms with Crippen molar-refractivity contribution in [1.82, 2.24) is 14.9 Å². The molecular weight excluding hydrogens is 388 g/mol. The van der Waals surface area contributed by atoms with Crippen LogP contribution >= 0.6 is 23.4 Å². The number of aromatic nitrogens is 3. The van der Waals surface area contributed by atoms with Gasteiger partial charge in [-0.3, -0.25) is 0 Å². The number of nitrogen functional groups attached to an aromatic ring is 1. The molecule has 27 heavy (non-hydrogen) atoms. The molecule has 9 heteroatoms. The molecule has 0 aliphatic heterocycles. The Bertz CT molecular complexity index is 891. The van der Waals surface area contributed by atoms with E-state index in [2.05, 4.69) is 10.2 Å². The Hall–Kier alpha value is -2.58. The predicted molar refractivity (Wildman–Crippen MR) is 105 cm³/mol. The van der Waals surface area contributed by atoms with Crippen LogP contribution < -0.4 is 20.1 Å². The molecular formula is C18H19ClN4O3S. The Balaban J connectivity index is 1.48. The molecule has 0 fully saturated rings. The highest BCUT2D eigenvalue weighted by molar-refractivity contribution is 7.99. The first-order valence-electron chi connectivity index (χ1n) is 8.13. The van der Waals surface area contributed by atoms with Crippen molar-refractivity contribution in [1.29, 1.82) is 0 Å². The minimum absolute atomic E-state index is 0.205. The molecule has 0 bridgehead atoms. The summed E-state index contributed by atoms with van der Waals surface area (Å²) in [6, 6.07) is 14.6. The van der Waals surface area contributed by atoms with Gasteiger partial charge in [0.25, 0.3) is 0 Å². The van der Waals surface area contributed by atoms with Crippen LogP contribution in [0.3, 0.4) is 0 Å². The number of rotatable bonds is 9. The monoisotopic (exact) mass is 406 g/mol. The third-order valence-electron chi connectivity index (χ3n) is 3.52. The first-order chi connectivity index (χ1) is 13.2. The molecule has 0 aliphatic rings. The summed E-state index contributed by atoms with van der Waals surface area (Å²) >= 11 is 7.38. The van der Waals surface area contributed by atoms with Crippen molar-refractivity contribution in [2.24, 2.45) is 0 Å². The smallest absolute Gasteiger partial charge is 0.210 e. The standard InChI is InChI=1S/C18H19ClN4O3S/c1-24-14-5-3-7-16(11-14)26-12-17-21-22-18(23(17)20)27-9-8-25-15-6-2-4-13(19)10-15/h2-7,10-11H,8-9,12,20H2,1H3. The molecule has 0 atom stereocenters. The highest BCUT2D eigenvalue weighted by Crippen LogP contribution is 2.21. The highest BCUT2D eigenvalue weighted by atomic mass is 35.5. The molecule has 0 aliphatic carbocycles. The maximum absolute atomic E-state index is 6.04. The second kappa shape index (κ2) is 9.38. The fourth-order valence-corrected chi connectivity index (χ4v) is 3.06. The molecule has 1 aromatic heterocycles. The second-order valence-corrected chi connectivity index (χ2v) is 6.89. The molecule has 3 rings (SSSR count). The number of benzene rings is 2. The SMILES string of the molecule is COc1cccc(OCc2nnc(SCCOc3cccc(Cl)c3)n2N)c1. The van der Waals surface area contributed by atoms with Crippen molar-refractivity contribution in [3.8, 4) is 17.2 Å². The van der Waals surface area contributed by atoms with E-state index in [1.807, 2.05) is 30.3 Å². The molecule has 7 nitrogen and oxygen atoms in total. The van der Waals surface area contributed by atoms with Crippen molar-refractivity contribution < 1.29 is 14.2 Å². The van der Waals surface area contributed by atoms with Gasteiger partial charge in [-0.25, -0.2) is 4.68 Å². The summed E-state index contributed by atoms with van der Waals surface area (Å²) in [4.78, 5) is 0. The molecule has 0 unspecified atom stereocenters. The lowest BCUT2D eigenvalue weighted by Gasteiger charge is -2.08. The first kappa shape index (κ1) is 19.2. The van der Waals surface area contributed by atoms with Crippen molar-refractivity contribution in [2.45, 2.75) is 11.8 Å². The summed E-state index contributed by atoms with van der Waals surface area (Å²) in [6.45, 7) is 0.698. The van der Waals surface area contributed by atoms with Crippen molar-refractivity contribution in [3.05, 3.63) is 59.4 Å². The van der Waals surface area contributed by atoms with Crippen LogP contribution in [0.4, 0.5) is 0 Å². The number of nitrogens with two attached hydrogens (primary N) is 1. The van der Waals surface area contributed by atoms with Crippen LogP contribution in [-0.2, 0) is 6.61 Å². The lowest BCUT2D eigenvalue weighted by Crippen LogP contribution is -2.16. The third-order valence-corrected chi connectivity index (χ3v) is 4.67. The Labute approximate surface area is 166 Å². The fraction of sp³-hybridized carbons (Fsp3) is 0.222. The summed E-state index contributed by atoms with van der Waals surface area (Å²) in [7, 11) is 1.61. The van der Waals surface area contributed by atoms with Gasteiger partial charge in [0.2, 0.25) is 5.16 Å².